The van der Waals surface area contributed by atoms with Gasteiger partial charge in [0.15, 0.2) is 5.82 Å². The van der Waals surface area contributed by atoms with Gasteiger partial charge in [0.25, 0.3) is 0 Å². The average molecular weight is 376 g/mol. The third-order valence-corrected chi connectivity index (χ3v) is 6.45. The van der Waals surface area contributed by atoms with Gasteiger partial charge in [-0.2, -0.15) is 4.31 Å². The second kappa shape index (κ2) is 7.20. The molecule has 0 saturated carbocycles. The zero-order valence-electron chi connectivity index (χ0n) is 15.5. The van der Waals surface area contributed by atoms with Gasteiger partial charge in [0.05, 0.1) is 11.4 Å². The van der Waals surface area contributed by atoms with Crippen molar-refractivity contribution < 1.29 is 13.2 Å². The molecule has 26 heavy (non-hydrogen) atoms. The van der Waals surface area contributed by atoms with Crippen molar-refractivity contribution in [2.24, 2.45) is 0 Å². The van der Waals surface area contributed by atoms with Crippen LogP contribution >= 0.6 is 0 Å². The van der Waals surface area contributed by atoms with E-state index in [9.17, 15) is 8.42 Å². The van der Waals surface area contributed by atoms with Gasteiger partial charge in [-0.15, -0.1) is 10.2 Å². The van der Waals surface area contributed by atoms with Gasteiger partial charge in [0.2, 0.25) is 15.9 Å². The summed E-state index contributed by atoms with van der Waals surface area (Å²) < 4.78 is 33.1. The first-order chi connectivity index (χ1) is 12.3. The lowest BCUT2D eigenvalue weighted by Gasteiger charge is -2.18. The van der Waals surface area contributed by atoms with Crippen LogP contribution in [-0.4, -0.2) is 56.2 Å². The molecule has 3 rings (SSSR count). The zero-order valence-corrected chi connectivity index (χ0v) is 16.3. The molecule has 7 nitrogen and oxygen atoms in total. The van der Waals surface area contributed by atoms with E-state index in [0.29, 0.717) is 30.3 Å². The van der Waals surface area contributed by atoms with Crippen LogP contribution in [0.3, 0.4) is 0 Å². The van der Waals surface area contributed by atoms with Crippen LogP contribution < -0.4 is 9.64 Å². The molecule has 0 aliphatic carbocycles. The smallest absolute Gasteiger partial charge is 0.243 e. The Kier molecular flexibility index (Phi) is 5.15. The van der Waals surface area contributed by atoms with Gasteiger partial charge < -0.3 is 9.64 Å². The maximum atomic E-state index is 12.9. The molecule has 2 aromatic rings. The molecule has 1 fully saturated rings. The molecule has 8 heteroatoms. The van der Waals surface area contributed by atoms with E-state index in [0.717, 1.165) is 16.9 Å². The van der Waals surface area contributed by atoms with E-state index in [1.807, 2.05) is 51.0 Å². The van der Waals surface area contributed by atoms with E-state index in [1.165, 1.54) is 4.31 Å². The first kappa shape index (κ1) is 18.6. The van der Waals surface area contributed by atoms with Gasteiger partial charge in [-0.1, -0.05) is 17.7 Å². The molecule has 0 N–H and O–H groups in total. The van der Waals surface area contributed by atoms with Crippen LogP contribution in [0, 0.1) is 13.8 Å². The molecule has 1 aromatic heterocycles. The lowest BCUT2D eigenvalue weighted by molar-refractivity contribution is 0.204. The Morgan fingerprint density at radius 2 is 1.92 bits per heavy atom. The number of hydrogen-bond acceptors (Lipinski definition) is 6. The number of rotatable bonds is 5. The molecule has 1 aliphatic heterocycles. The second-order valence-electron chi connectivity index (χ2n) is 6.78. The number of benzene rings is 1. The standard InChI is InChI=1S/C18H24N4O3S/c1-13-5-6-16(14(2)11-13)26(23,24)22-10-9-15(12-22)25-18-8-7-17(19-20-18)21(3)4/h5-8,11,15H,9-10,12H2,1-4H3. The van der Waals surface area contributed by atoms with Crippen molar-refractivity contribution >= 4 is 15.8 Å². The highest BCUT2D eigenvalue weighted by Crippen LogP contribution is 2.26. The van der Waals surface area contributed by atoms with Crippen LogP contribution in [0.1, 0.15) is 17.5 Å². The highest BCUT2D eigenvalue weighted by molar-refractivity contribution is 7.89. The van der Waals surface area contributed by atoms with Crippen molar-refractivity contribution in [1.29, 1.82) is 0 Å². The Labute approximate surface area is 154 Å². The summed E-state index contributed by atoms with van der Waals surface area (Å²) in [5.41, 5.74) is 1.81. The van der Waals surface area contributed by atoms with Crippen molar-refractivity contribution in [2.75, 3.05) is 32.1 Å². The highest BCUT2D eigenvalue weighted by Gasteiger charge is 2.34. The summed E-state index contributed by atoms with van der Waals surface area (Å²) in [5, 5.41) is 8.13. The van der Waals surface area contributed by atoms with Gasteiger partial charge in [-0.05, 0) is 38.0 Å². The Morgan fingerprint density at radius 3 is 2.54 bits per heavy atom. The van der Waals surface area contributed by atoms with Crippen LogP contribution in [0.4, 0.5) is 5.82 Å². The predicted molar refractivity (Wildman–Crippen MR) is 100 cm³/mol. The molecule has 0 bridgehead atoms. The Balaban J connectivity index is 1.69. The SMILES string of the molecule is Cc1ccc(S(=O)(=O)N2CCC(Oc3ccc(N(C)C)nn3)C2)c(C)c1. The molecule has 0 spiro atoms. The number of aryl methyl sites for hydroxylation is 2. The van der Waals surface area contributed by atoms with Crippen LogP contribution in [-0.2, 0) is 10.0 Å². The summed E-state index contributed by atoms with van der Waals surface area (Å²) in [6, 6.07) is 8.97. The lowest BCUT2D eigenvalue weighted by atomic mass is 10.2. The quantitative estimate of drug-likeness (QED) is 0.794. The monoisotopic (exact) mass is 376 g/mol. The molecule has 2 heterocycles. The van der Waals surface area contributed by atoms with Crippen molar-refractivity contribution in [3.63, 3.8) is 0 Å². The van der Waals surface area contributed by atoms with Crippen LogP contribution in [0.5, 0.6) is 5.88 Å². The van der Waals surface area contributed by atoms with Crippen LogP contribution in [0.2, 0.25) is 0 Å². The van der Waals surface area contributed by atoms with E-state index in [-0.39, 0.29) is 6.10 Å². The Morgan fingerprint density at radius 1 is 1.15 bits per heavy atom. The number of anilines is 1. The molecule has 0 radical (unpaired) electrons. The van der Waals surface area contributed by atoms with Crippen LogP contribution in [0.15, 0.2) is 35.2 Å². The van der Waals surface area contributed by atoms with Gasteiger partial charge >= 0.3 is 0 Å². The maximum Gasteiger partial charge on any atom is 0.243 e. The fourth-order valence-corrected chi connectivity index (χ4v) is 4.72. The minimum Gasteiger partial charge on any atom is -0.472 e. The molecular formula is C18H24N4O3S. The molecule has 1 aliphatic rings. The highest BCUT2D eigenvalue weighted by atomic mass is 32.2. The normalized spacial score (nSPS) is 18.1. The number of nitrogens with zero attached hydrogens (tertiary/aromatic N) is 4. The summed E-state index contributed by atoms with van der Waals surface area (Å²) in [5.74, 6) is 1.15. The number of hydrogen-bond donors (Lipinski definition) is 0. The summed E-state index contributed by atoms with van der Waals surface area (Å²) in [4.78, 5) is 2.21. The third-order valence-electron chi connectivity index (χ3n) is 4.43. The zero-order chi connectivity index (χ0) is 18.9. The largest absolute Gasteiger partial charge is 0.472 e. The number of sulfonamides is 1. The van der Waals surface area contributed by atoms with Crippen molar-refractivity contribution in [2.45, 2.75) is 31.3 Å². The summed E-state index contributed by atoms with van der Waals surface area (Å²) in [6.45, 7) is 4.52. The molecular weight excluding hydrogens is 352 g/mol. The predicted octanol–water partition coefficient (Wildman–Crippen LogP) is 2.00. The Hall–Kier alpha value is -2.19. The summed E-state index contributed by atoms with van der Waals surface area (Å²) in [6.07, 6.45) is 0.399. The van der Waals surface area contributed by atoms with Gasteiger partial charge in [-0.3, -0.25) is 0 Å². The number of ether oxygens (including phenoxy) is 1. The maximum absolute atomic E-state index is 12.9. The topological polar surface area (TPSA) is 75.6 Å². The molecule has 1 atom stereocenters. The minimum atomic E-state index is -3.52. The average Bonchev–Trinajstić information content (AvgIpc) is 3.04. The molecule has 140 valence electrons. The van der Waals surface area contributed by atoms with Crippen molar-refractivity contribution in [3.8, 4) is 5.88 Å². The van der Waals surface area contributed by atoms with Gasteiger partial charge in [0, 0.05) is 26.7 Å². The molecule has 1 saturated heterocycles. The van der Waals surface area contributed by atoms with E-state index >= 15 is 0 Å². The van der Waals surface area contributed by atoms with E-state index in [1.54, 1.807) is 12.1 Å². The molecule has 1 unspecified atom stereocenters. The number of aromatic nitrogens is 2. The third kappa shape index (κ3) is 3.81. The summed E-state index contributed by atoms with van der Waals surface area (Å²) in [7, 11) is 0.254. The second-order valence-corrected chi connectivity index (χ2v) is 8.69. The van der Waals surface area contributed by atoms with Gasteiger partial charge in [0.1, 0.15) is 6.10 Å². The fraction of sp³-hybridized carbons (Fsp3) is 0.444. The molecule has 0 amide bonds. The van der Waals surface area contributed by atoms with Crippen molar-refractivity contribution in [1.82, 2.24) is 14.5 Å². The van der Waals surface area contributed by atoms with Crippen LogP contribution in [0.25, 0.3) is 0 Å². The fourth-order valence-electron chi connectivity index (χ4n) is 3.03. The minimum absolute atomic E-state index is 0.227. The van der Waals surface area contributed by atoms with Gasteiger partial charge in [-0.25, -0.2) is 8.42 Å². The van der Waals surface area contributed by atoms with E-state index in [2.05, 4.69) is 10.2 Å². The van der Waals surface area contributed by atoms with E-state index in [4.69, 9.17) is 4.74 Å². The lowest BCUT2D eigenvalue weighted by Crippen LogP contribution is -2.31. The van der Waals surface area contributed by atoms with Crippen molar-refractivity contribution in [3.05, 3.63) is 41.5 Å². The first-order valence-corrected chi connectivity index (χ1v) is 9.96. The van der Waals surface area contributed by atoms with E-state index < -0.39 is 10.0 Å². The summed E-state index contributed by atoms with van der Waals surface area (Å²) >= 11 is 0. The molecule has 1 aromatic carbocycles. The Bertz CT molecular complexity index is 882. The first-order valence-electron chi connectivity index (χ1n) is 8.52.